The molecule has 0 aliphatic carbocycles. The van der Waals surface area contributed by atoms with Gasteiger partial charge in [0.05, 0.1) is 5.69 Å². The number of para-hydroxylation sites is 1. The maximum Gasteiger partial charge on any atom is 0.387 e. The molecule has 102 valence electrons. The van der Waals surface area contributed by atoms with Crippen LogP contribution in [-0.2, 0) is 0 Å². The molecule has 0 saturated heterocycles. The average molecular weight is 339 g/mol. The maximum absolute atomic E-state index is 12.4. The standard InChI is InChI=1S/C14H9BrF2N2O/c15-9-5-6-13-18-11(8-19(13)7-9)10-3-1-2-4-12(10)20-14(16)17/h1-8,14H. The third-order valence-electron chi connectivity index (χ3n) is 2.79. The highest BCUT2D eigenvalue weighted by atomic mass is 79.9. The van der Waals surface area contributed by atoms with E-state index in [-0.39, 0.29) is 5.75 Å². The summed E-state index contributed by atoms with van der Waals surface area (Å²) < 4.78 is 32.1. The third kappa shape index (κ3) is 2.51. The molecule has 0 radical (unpaired) electrons. The minimum absolute atomic E-state index is 0.116. The Kier molecular flexibility index (Phi) is 3.40. The van der Waals surface area contributed by atoms with Crippen LogP contribution in [0.2, 0.25) is 0 Å². The zero-order valence-electron chi connectivity index (χ0n) is 10.1. The number of pyridine rings is 1. The highest BCUT2D eigenvalue weighted by Crippen LogP contribution is 2.30. The minimum atomic E-state index is -2.86. The van der Waals surface area contributed by atoms with E-state index >= 15 is 0 Å². The molecule has 0 atom stereocenters. The molecule has 3 rings (SSSR count). The van der Waals surface area contributed by atoms with Crippen molar-refractivity contribution in [3.63, 3.8) is 0 Å². The molecule has 3 aromatic rings. The Hall–Kier alpha value is -1.95. The number of aromatic nitrogens is 2. The number of hydrogen-bond donors (Lipinski definition) is 0. The maximum atomic E-state index is 12.4. The second-order valence-corrected chi connectivity index (χ2v) is 5.03. The molecule has 0 bridgehead atoms. The summed E-state index contributed by atoms with van der Waals surface area (Å²) in [5.41, 5.74) is 1.85. The van der Waals surface area contributed by atoms with E-state index in [0.29, 0.717) is 11.3 Å². The summed E-state index contributed by atoms with van der Waals surface area (Å²) in [7, 11) is 0. The molecule has 20 heavy (non-hydrogen) atoms. The predicted molar refractivity (Wildman–Crippen MR) is 75.0 cm³/mol. The number of nitrogens with zero attached hydrogens (tertiary/aromatic N) is 2. The number of rotatable bonds is 3. The first kappa shape index (κ1) is 13.1. The van der Waals surface area contributed by atoms with Crippen molar-refractivity contribution in [3.8, 4) is 17.0 Å². The summed E-state index contributed by atoms with van der Waals surface area (Å²) in [6.45, 7) is -2.86. The third-order valence-corrected chi connectivity index (χ3v) is 3.26. The summed E-state index contributed by atoms with van der Waals surface area (Å²) in [4.78, 5) is 4.41. The van der Waals surface area contributed by atoms with E-state index in [2.05, 4.69) is 25.7 Å². The van der Waals surface area contributed by atoms with E-state index < -0.39 is 6.61 Å². The van der Waals surface area contributed by atoms with Crippen LogP contribution in [-0.4, -0.2) is 16.0 Å². The van der Waals surface area contributed by atoms with Gasteiger partial charge in [-0.2, -0.15) is 8.78 Å². The Labute approximate surface area is 122 Å². The lowest BCUT2D eigenvalue weighted by molar-refractivity contribution is -0.0494. The van der Waals surface area contributed by atoms with Crippen molar-refractivity contribution in [1.82, 2.24) is 9.38 Å². The first-order valence-corrected chi connectivity index (χ1v) is 6.61. The van der Waals surface area contributed by atoms with E-state index in [0.717, 1.165) is 10.1 Å². The largest absolute Gasteiger partial charge is 0.434 e. The van der Waals surface area contributed by atoms with Crippen molar-refractivity contribution in [2.45, 2.75) is 6.61 Å². The molecule has 0 N–H and O–H groups in total. The monoisotopic (exact) mass is 338 g/mol. The second kappa shape index (κ2) is 5.20. The predicted octanol–water partition coefficient (Wildman–Crippen LogP) is 4.37. The minimum Gasteiger partial charge on any atom is -0.434 e. The van der Waals surface area contributed by atoms with Gasteiger partial charge in [-0.05, 0) is 40.2 Å². The van der Waals surface area contributed by atoms with Crippen molar-refractivity contribution in [2.75, 3.05) is 0 Å². The quantitative estimate of drug-likeness (QED) is 0.709. The Morgan fingerprint density at radius 1 is 1.10 bits per heavy atom. The van der Waals surface area contributed by atoms with Crippen molar-refractivity contribution < 1.29 is 13.5 Å². The smallest absolute Gasteiger partial charge is 0.387 e. The Bertz CT molecular complexity index is 758. The number of imidazole rings is 1. The molecule has 0 fully saturated rings. The molecule has 0 aliphatic rings. The van der Waals surface area contributed by atoms with E-state index in [1.807, 2.05) is 22.7 Å². The number of benzene rings is 1. The van der Waals surface area contributed by atoms with Crippen LogP contribution < -0.4 is 4.74 Å². The molecular weight excluding hydrogens is 330 g/mol. The Morgan fingerprint density at radius 2 is 1.90 bits per heavy atom. The summed E-state index contributed by atoms with van der Waals surface area (Å²) in [5.74, 6) is 0.116. The molecule has 0 saturated carbocycles. The Morgan fingerprint density at radius 3 is 2.70 bits per heavy atom. The summed E-state index contributed by atoms with van der Waals surface area (Å²) in [5, 5.41) is 0. The van der Waals surface area contributed by atoms with Gasteiger partial charge in [0.1, 0.15) is 11.4 Å². The van der Waals surface area contributed by atoms with Gasteiger partial charge in [0.2, 0.25) is 0 Å². The van der Waals surface area contributed by atoms with Crippen LogP contribution in [0.15, 0.2) is 53.3 Å². The zero-order valence-corrected chi connectivity index (χ0v) is 11.7. The van der Waals surface area contributed by atoms with Crippen LogP contribution in [0.1, 0.15) is 0 Å². The molecule has 0 spiro atoms. The van der Waals surface area contributed by atoms with Crippen LogP contribution in [0, 0.1) is 0 Å². The fourth-order valence-electron chi connectivity index (χ4n) is 1.97. The lowest BCUT2D eigenvalue weighted by atomic mass is 10.1. The van der Waals surface area contributed by atoms with Crippen LogP contribution in [0.3, 0.4) is 0 Å². The molecule has 0 unspecified atom stereocenters. The number of alkyl halides is 2. The number of ether oxygens (including phenoxy) is 1. The molecule has 6 heteroatoms. The molecule has 1 aromatic carbocycles. The lowest BCUT2D eigenvalue weighted by Crippen LogP contribution is -2.03. The van der Waals surface area contributed by atoms with Gasteiger partial charge in [0.25, 0.3) is 0 Å². The molecule has 2 aromatic heterocycles. The van der Waals surface area contributed by atoms with Crippen LogP contribution in [0.5, 0.6) is 5.75 Å². The van der Waals surface area contributed by atoms with Gasteiger partial charge in [-0.3, -0.25) is 0 Å². The molecule has 0 aliphatic heterocycles. The lowest BCUT2D eigenvalue weighted by Gasteiger charge is -2.08. The second-order valence-electron chi connectivity index (χ2n) is 4.11. The van der Waals surface area contributed by atoms with E-state index in [1.165, 1.54) is 6.07 Å². The number of fused-ring (bicyclic) bond motifs is 1. The Balaban J connectivity index is 2.10. The first-order valence-electron chi connectivity index (χ1n) is 5.82. The van der Waals surface area contributed by atoms with Gasteiger partial charge in [-0.15, -0.1) is 0 Å². The van der Waals surface area contributed by atoms with Crippen molar-refractivity contribution in [2.24, 2.45) is 0 Å². The molecule has 2 heterocycles. The highest BCUT2D eigenvalue weighted by molar-refractivity contribution is 9.10. The van der Waals surface area contributed by atoms with E-state index in [9.17, 15) is 8.78 Å². The average Bonchev–Trinajstić information content (AvgIpc) is 2.81. The van der Waals surface area contributed by atoms with Crippen LogP contribution in [0.25, 0.3) is 16.9 Å². The van der Waals surface area contributed by atoms with Gasteiger partial charge < -0.3 is 9.14 Å². The molecular formula is C14H9BrF2N2O. The number of halogens is 3. The van der Waals surface area contributed by atoms with Gasteiger partial charge >= 0.3 is 6.61 Å². The van der Waals surface area contributed by atoms with Gasteiger partial charge in [0, 0.05) is 22.4 Å². The first-order chi connectivity index (χ1) is 9.63. The summed E-state index contributed by atoms with van der Waals surface area (Å²) in [6.07, 6.45) is 3.62. The fourth-order valence-corrected chi connectivity index (χ4v) is 2.32. The highest BCUT2D eigenvalue weighted by Gasteiger charge is 2.13. The SMILES string of the molecule is FC(F)Oc1ccccc1-c1cn2cc(Br)ccc2n1. The van der Waals surface area contributed by atoms with Gasteiger partial charge in [-0.25, -0.2) is 4.98 Å². The van der Waals surface area contributed by atoms with Crippen molar-refractivity contribution >= 4 is 21.6 Å². The summed E-state index contributed by atoms with van der Waals surface area (Å²) >= 11 is 3.37. The van der Waals surface area contributed by atoms with E-state index in [4.69, 9.17) is 0 Å². The zero-order chi connectivity index (χ0) is 14.1. The normalized spacial score (nSPS) is 11.2. The fraction of sp³-hybridized carbons (Fsp3) is 0.0714. The van der Waals surface area contributed by atoms with Crippen molar-refractivity contribution in [3.05, 3.63) is 53.3 Å². The molecule has 0 amide bonds. The van der Waals surface area contributed by atoms with E-state index in [1.54, 1.807) is 24.4 Å². The van der Waals surface area contributed by atoms with Crippen molar-refractivity contribution in [1.29, 1.82) is 0 Å². The van der Waals surface area contributed by atoms with Crippen LogP contribution >= 0.6 is 15.9 Å². The van der Waals surface area contributed by atoms with Gasteiger partial charge in [-0.1, -0.05) is 12.1 Å². The number of hydrogen-bond acceptors (Lipinski definition) is 2. The van der Waals surface area contributed by atoms with Gasteiger partial charge in [0.15, 0.2) is 0 Å². The summed E-state index contributed by atoms with van der Waals surface area (Å²) in [6, 6.07) is 10.3. The van der Waals surface area contributed by atoms with Crippen LogP contribution in [0.4, 0.5) is 8.78 Å². The molecule has 3 nitrogen and oxygen atoms in total. The topological polar surface area (TPSA) is 26.5 Å².